The van der Waals surface area contributed by atoms with Gasteiger partial charge in [0.2, 0.25) is 0 Å². The molecule has 2 N–H and O–H groups in total. The fourth-order valence-electron chi connectivity index (χ4n) is 4.14. The highest BCUT2D eigenvalue weighted by Crippen LogP contribution is 2.13. The minimum atomic E-state index is -0.878. The lowest BCUT2D eigenvalue weighted by atomic mass is 10.1. The van der Waals surface area contributed by atoms with E-state index in [4.69, 9.17) is 29.2 Å². The second kappa shape index (κ2) is 24.2. The second-order valence-corrected chi connectivity index (χ2v) is 9.69. The predicted octanol–water partition coefficient (Wildman–Crippen LogP) is 4.78. The molecule has 0 rings (SSSR count). The molecule has 12 heteroatoms. The fraction of sp³-hybridized carbons (Fsp3) is 0.857. The maximum absolute atomic E-state index is 12.2. The minimum absolute atomic E-state index is 0.0275. The molecule has 234 valence electrons. The smallest absolute Gasteiger partial charge is 0.481 e. The van der Waals surface area contributed by atoms with Gasteiger partial charge < -0.3 is 34.1 Å². The van der Waals surface area contributed by atoms with Gasteiger partial charge in [0, 0.05) is 39.0 Å². The van der Waals surface area contributed by atoms with E-state index in [2.05, 4.69) is 18.7 Å². The first-order valence-electron chi connectivity index (χ1n) is 14.7. The highest BCUT2D eigenvalue weighted by molar-refractivity contribution is 5.66. The number of carbonyl (C=O) groups excluding carboxylic acids is 2. The molecule has 0 fully saturated rings. The summed E-state index contributed by atoms with van der Waals surface area (Å²) in [4.78, 5) is 50.3. The first kappa shape index (κ1) is 37.4. The number of ether oxygens (including phenoxy) is 4. The lowest BCUT2D eigenvalue weighted by Crippen LogP contribution is -2.39. The minimum Gasteiger partial charge on any atom is -0.481 e. The summed E-state index contributed by atoms with van der Waals surface area (Å²) in [6, 6.07) is 0. The van der Waals surface area contributed by atoms with Crippen LogP contribution in [-0.4, -0.2) is 109 Å². The van der Waals surface area contributed by atoms with Crippen molar-refractivity contribution < 1.29 is 48.3 Å². The van der Waals surface area contributed by atoms with Gasteiger partial charge in [0.05, 0.1) is 0 Å². The first-order valence-corrected chi connectivity index (χ1v) is 14.7. The fourth-order valence-corrected chi connectivity index (χ4v) is 4.14. The Morgan fingerprint density at radius 3 is 1.35 bits per heavy atom. The SMILES string of the molecule is CCCC(CCCC(=O)O)OC(=O)OCCN(CCOC(=O)OC(CCC)CCCC(=O)O)CCN(CC)CC. The van der Waals surface area contributed by atoms with Crippen LogP contribution in [0.2, 0.25) is 0 Å². The van der Waals surface area contributed by atoms with E-state index in [1.807, 2.05) is 18.7 Å². The highest BCUT2D eigenvalue weighted by Gasteiger charge is 2.18. The number of nitrogens with zero attached hydrogens (tertiary/aromatic N) is 2. The summed E-state index contributed by atoms with van der Waals surface area (Å²) >= 11 is 0. The van der Waals surface area contributed by atoms with Crippen molar-refractivity contribution in [2.75, 3.05) is 52.5 Å². The Balaban J connectivity index is 4.73. The van der Waals surface area contributed by atoms with E-state index in [1.165, 1.54) is 0 Å². The van der Waals surface area contributed by atoms with Crippen LogP contribution in [0.3, 0.4) is 0 Å². The quantitative estimate of drug-likeness (QED) is 0.144. The van der Waals surface area contributed by atoms with Crippen LogP contribution in [-0.2, 0) is 28.5 Å². The summed E-state index contributed by atoms with van der Waals surface area (Å²) in [5.74, 6) is -1.76. The Kier molecular flexibility index (Phi) is 22.6. The van der Waals surface area contributed by atoms with E-state index in [0.717, 1.165) is 32.5 Å². The molecule has 0 aliphatic carbocycles. The molecule has 0 aromatic rings. The Labute approximate surface area is 239 Å². The maximum Gasteiger partial charge on any atom is 0.508 e. The van der Waals surface area contributed by atoms with Crippen molar-refractivity contribution in [3.8, 4) is 0 Å². The van der Waals surface area contributed by atoms with Gasteiger partial charge in [-0.25, -0.2) is 9.59 Å². The summed E-state index contributed by atoms with van der Waals surface area (Å²) in [6.45, 7) is 12.4. The van der Waals surface area contributed by atoms with Gasteiger partial charge in [-0.3, -0.25) is 14.5 Å². The number of hydrogen-bond acceptors (Lipinski definition) is 10. The molecule has 0 saturated heterocycles. The van der Waals surface area contributed by atoms with Crippen molar-refractivity contribution in [3.05, 3.63) is 0 Å². The van der Waals surface area contributed by atoms with E-state index in [-0.39, 0.29) is 38.3 Å². The van der Waals surface area contributed by atoms with Crippen molar-refractivity contribution in [1.29, 1.82) is 0 Å². The monoisotopic (exact) mass is 576 g/mol. The van der Waals surface area contributed by atoms with E-state index in [1.54, 1.807) is 0 Å². The van der Waals surface area contributed by atoms with Gasteiger partial charge in [-0.1, -0.05) is 40.5 Å². The molecule has 12 nitrogen and oxygen atoms in total. The predicted molar refractivity (Wildman–Crippen MR) is 149 cm³/mol. The summed E-state index contributed by atoms with van der Waals surface area (Å²) in [7, 11) is 0. The summed E-state index contributed by atoms with van der Waals surface area (Å²) in [5, 5.41) is 17.6. The van der Waals surface area contributed by atoms with Crippen molar-refractivity contribution in [2.24, 2.45) is 0 Å². The van der Waals surface area contributed by atoms with Crippen LogP contribution >= 0.6 is 0 Å². The average molecular weight is 577 g/mol. The number of aliphatic carboxylic acids is 2. The summed E-state index contributed by atoms with van der Waals surface area (Å²) in [6.07, 6.45) is 2.41. The number of carboxylic acids is 2. The Hall–Kier alpha value is -2.60. The summed E-state index contributed by atoms with van der Waals surface area (Å²) < 4.78 is 21.4. The van der Waals surface area contributed by atoms with Gasteiger partial charge in [-0.2, -0.15) is 0 Å². The Morgan fingerprint density at radius 1 is 0.600 bits per heavy atom. The molecular weight excluding hydrogens is 524 g/mol. The van der Waals surface area contributed by atoms with Crippen LogP contribution in [0.1, 0.15) is 91.9 Å². The molecule has 0 bridgehead atoms. The Morgan fingerprint density at radius 2 is 1.00 bits per heavy atom. The van der Waals surface area contributed by atoms with Crippen LogP contribution in [0.4, 0.5) is 9.59 Å². The molecular formula is C28H52N2O10. The molecule has 0 spiro atoms. The standard InChI is InChI=1S/C28H52N2O10/c1-5-11-23(13-9-15-25(31)32)39-27(35)37-21-19-30(18-17-29(7-3)8-4)20-22-38-28(36)40-24(12-6-2)14-10-16-26(33)34/h23-24H,5-22H2,1-4H3,(H,31,32)(H,33,34). The lowest BCUT2D eigenvalue weighted by molar-refractivity contribution is -0.138. The third kappa shape index (κ3) is 21.2. The lowest BCUT2D eigenvalue weighted by Gasteiger charge is -2.26. The van der Waals surface area contributed by atoms with E-state index >= 15 is 0 Å². The number of likely N-dealkylation sites (N-methyl/N-ethyl adjacent to an activating group) is 1. The summed E-state index contributed by atoms with van der Waals surface area (Å²) in [5.41, 5.74) is 0. The van der Waals surface area contributed by atoms with Gasteiger partial charge in [-0.15, -0.1) is 0 Å². The van der Waals surface area contributed by atoms with Crippen molar-refractivity contribution in [2.45, 2.75) is 104 Å². The molecule has 0 aliphatic rings. The molecule has 2 unspecified atom stereocenters. The van der Waals surface area contributed by atoms with Gasteiger partial charge in [0.25, 0.3) is 0 Å². The molecule has 0 aromatic heterocycles. The van der Waals surface area contributed by atoms with Gasteiger partial charge in [0.15, 0.2) is 0 Å². The van der Waals surface area contributed by atoms with Crippen LogP contribution in [0.25, 0.3) is 0 Å². The zero-order chi connectivity index (χ0) is 30.2. The normalized spacial score (nSPS) is 12.7. The third-order valence-electron chi connectivity index (χ3n) is 6.46. The van der Waals surface area contributed by atoms with Gasteiger partial charge >= 0.3 is 24.2 Å². The highest BCUT2D eigenvalue weighted by atomic mass is 16.7. The molecule has 40 heavy (non-hydrogen) atoms. The average Bonchev–Trinajstić information content (AvgIpc) is 2.88. The van der Waals surface area contributed by atoms with E-state index in [9.17, 15) is 19.2 Å². The van der Waals surface area contributed by atoms with Crippen molar-refractivity contribution in [3.63, 3.8) is 0 Å². The van der Waals surface area contributed by atoms with Gasteiger partial charge in [-0.05, 0) is 51.6 Å². The third-order valence-corrected chi connectivity index (χ3v) is 6.46. The van der Waals surface area contributed by atoms with E-state index < -0.39 is 24.2 Å². The number of rotatable bonds is 25. The van der Waals surface area contributed by atoms with Crippen LogP contribution < -0.4 is 0 Å². The number of carboxylic acid groups (broad SMARTS) is 2. The molecule has 0 aromatic carbocycles. The largest absolute Gasteiger partial charge is 0.508 e. The zero-order valence-electron chi connectivity index (χ0n) is 24.9. The molecule has 0 radical (unpaired) electrons. The van der Waals surface area contributed by atoms with Crippen molar-refractivity contribution in [1.82, 2.24) is 9.80 Å². The maximum atomic E-state index is 12.2. The Bertz CT molecular complexity index is 653. The molecule has 2 atom stereocenters. The molecule has 0 aliphatic heterocycles. The van der Waals surface area contributed by atoms with Crippen molar-refractivity contribution >= 4 is 24.2 Å². The number of hydrogen-bond donors (Lipinski definition) is 2. The molecule has 0 amide bonds. The topological polar surface area (TPSA) is 152 Å². The molecule has 0 saturated carbocycles. The zero-order valence-corrected chi connectivity index (χ0v) is 24.9. The van der Waals surface area contributed by atoms with Gasteiger partial charge in [0.1, 0.15) is 25.4 Å². The number of carbonyl (C=O) groups is 4. The van der Waals surface area contributed by atoms with Crippen LogP contribution in [0.15, 0.2) is 0 Å². The van der Waals surface area contributed by atoms with E-state index in [0.29, 0.717) is 58.2 Å². The molecule has 0 heterocycles. The van der Waals surface area contributed by atoms with Crippen LogP contribution in [0, 0.1) is 0 Å². The second-order valence-electron chi connectivity index (χ2n) is 9.69. The first-order chi connectivity index (χ1) is 19.1. The van der Waals surface area contributed by atoms with Crippen LogP contribution in [0.5, 0.6) is 0 Å².